The minimum atomic E-state index is -3.77. The van der Waals surface area contributed by atoms with Crippen LogP contribution in [0.25, 0.3) is 0 Å². The smallest absolute Gasteiger partial charge is 0.407 e. The van der Waals surface area contributed by atoms with Gasteiger partial charge >= 0.3 is 18.0 Å². The number of hydrogen-bond donors (Lipinski definition) is 2. The number of nitrogens with one attached hydrogen (secondary N) is 1. The zero-order valence-electron chi connectivity index (χ0n) is 22.3. The van der Waals surface area contributed by atoms with E-state index in [0.717, 1.165) is 11.1 Å². The summed E-state index contributed by atoms with van der Waals surface area (Å²) in [5.74, 6) is -2.12. The predicted molar refractivity (Wildman–Crippen MR) is 144 cm³/mol. The molecule has 0 aliphatic rings. The van der Waals surface area contributed by atoms with E-state index in [-0.39, 0.29) is 51.3 Å². The molecule has 0 bridgehead atoms. The fraction of sp³-hybridized carbons (Fsp3) is 0.464. The van der Waals surface area contributed by atoms with Crippen molar-refractivity contribution in [3.8, 4) is 0 Å². The molecule has 0 radical (unpaired) electrons. The average Bonchev–Trinajstić information content (AvgIpc) is 2.86. The van der Waals surface area contributed by atoms with Crippen LogP contribution in [0.15, 0.2) is 60.7 Å². The lowest BCUT2D eigenvalue weighted by Crippen LogP contribution is -2.33. The Balaban J connectivity index is 1.91. The summed E-state index contributed by atoms with van der Waals surface area (Å²) in [7, 11) is -3.77. The van der Waals surface area contributed by atoms with Crippen LogP contribution in [0.2, 0.25) is 0 Å². The number of carbonyl (C=O) groups excluding carboxylic acids is 3. The molecule has 0 aliphatic carbocycles. The molecule has 0 heterocycles. The highest BCUT2D eigenvalue weighted by Crippen LogP contribution is 2.44. The molecule has 10 heteroatoms. The third kappa shape index (κ3) is 13.4. The van der Waals surface area contributed by atoms with Crippen LogP contribution >= 0.6 is 7.37 Å². The first-order chi connectivity index (χ1) is 17.9. The Kier molecular flexibility index (Phi) is 12.5. The van der Waals surface area contributed by atoms with Crippen LogP contribution in [0.1, 0.15) is 51.2 Å². The van der Waals surface area contributed by atoms with Crippen molar-refractivity contribution in [2.45, 2.75) is 58.8 Å². The van der Waals surface area contributed by atoms with Crippen LogP contribution in [0.3, 0.4) is 0 Å². The summed E-state index contributed by atoms with van der Waals surface area (Å²) in [6, 6.07) is 18.3. The summed E-state index contributed by atoms with van der Waals surface area (Å²) in [5, 5.41) is 2.55. The molecule has 0 saturated carbocycles. The molecular weight excluding hydrogens is 509 g/mol. The molecule has 1 amide bonds. The normalized spacial score (nSPS) is 13.6. The van der Waals surface area contributed by atoms with E-state index in [1.807, 2.05) is 48.5 Å². The van der Waals surface area contributed by atoms with Gasteiger partial charge in [0.15, 0.2) is 0 Å². The number of alkyl carbamates (subject to hydrolysis) is 1. The Morgan fingerprint density at radius 2 is 1.47 bits per heavy atom. The van der Waals surface area contributed by atoms with Crippen molar-refractivity contribution < 1.29 is 38.1 Å². The Bertz CT molecular complexity index is 1070. The van der Waals surface area contributed by atoms with E-state index in [1.54, 1.807) is 32.9 Å². The van der Waals surface area contributed by atoms with Crippen LogP contribution in [-0.2, 0) is 41.6 Å². The first-order valence-electron chi connectivity index (χ1n) is 12.6. The molecule has 0 saturated heterocycles. The number of carbonyl (C=O) groups is 3. The summed E-state index contributed by atoms with van der Waals surface area (Å²) < 4.78 is 28.7. The maximum atomic E-state index is 12.9. The van der Waals surface area contributed by atoms with Crippen molar-refractivity contribution in [1.82, 2.24) is 5.32 Å². The SMILES string of the molecule is CC(C)(C)OC(=O)NCCCP(=O)(O)CC(CCC(=O)OCc1ccccc1)C(=O)OCc1ccccc1. The van der Waals surface area contributed by atoms with Gasteiger partial charge in [-0.05, 0) is 44.7 Å². The largest absolute Gasteiger partial charge is 0.461 e. The quantitative estimate of drug-likeness (QED) is 0.145. The second-order valence-corrected chi connectivity index (χ2v) is 12.5. The fourth-order valence-electron chi connectivity index (χ4n) is 3.50. The van der Waals surface area contributed by atoms with E-state index in [9.17, 15) is 23.8 Å². The standard InChI is InChI=1S/C28H38NO8P/c1-28(2,3)37-27(32)29-17-10-18-38(33,34)21-24(26(31)36-20-23-13-8-5-9-14-23)15-16-25(30)35-19-22-11-6-4-7-12-22/h4-9,11-14,24H,10,15-21H2,1-3H3,(H,29,32)(H,33,34). The molecular formula is C28H38NO8P. The minimum absolute atomic E-state index is 0.0158. The summed E-state index contributed by atoms with van der Waals surface area (Å²) in [6.07, 6.45) is -0.914. The van der Waals surface area contributed by atoms with Gasteiger partial charge in [0, 0.05) is 25.3 Å². The predicted octanol–water partition coefficient (Wildman–Crippen LogP) is 5.05. The topological polar surface area (TPSA) is 128 Å². The highest BCUT2D eigenvalue weighted by atomic mass is 31.2. The van der Waals surface area contributed by atoms with Crippen molar-refractivity contribution in [3.63, 3.8) is 0 Å². The second-order valence-electron chi connectivity index (χ2n) is 10.0. The molecule has 2 N–H and O–H groups in total. The molecule has 2 rings (SSSR count). The lowest BCUT2D eigenvalue weighted by atomic mass is 10.1. The molecule has 2 unspecified atom stereocenters. The number of rotatable bonds is 14. The van der Waals surface area contributed by atoms with Crippen LogP contribution in [0, 0.1) is 5.92 Å². The molecule has 38 heavy (non-hydrogen) atoms. The van der Waals surface area contributed by atoms with Gasteiger partial charge in [0.25, 0.3) is 0 Å². The van der Waals surface area contributed by atoms with Crippen molar-refractivity contribution in [1.29, 1.82) is 0 Å². The first-order valence-corrected chi connectivity index (χ1v) is 14.6. The van der Waals surface area contributed by atoms with Gasteiger partial charge in [-0.2, -0.15) is 0 Å². The Hall–Kier alpha value is -3.16. The Morgan fingerprint density at radius 1 is 0.921 bits per heavy atom. The van der Waals surface area contributed by atoms with Gasteiger partial charge in [-0.1, -0.05) is 60.7 Å². The minimum Gasteiger partial charge on any atom is -0.461 e. The summed E-state index contributed by atoms with van der Waals surface area (Å²) in [4.78, 5) is 47.5. The number of benzene rings is 2. The first kappa shape index (κ1) is 31.1. The number of esters is 2. The van der Waals surface area contributed by atoms with Gasteiger partial charge in [-0.3, -0.25) is 14.2 Å². The zero-order valence-corrected chi connectivity index (χ0v) is 23.2. The molecule has 0 aromatic heterocycles. The Labute approximate surface area is 224 Å². The maximum absolute atomic E-state index is 12.9. The van der Waals surface area contributed by atoms with Gasteiger partial charge in [0.2, 0.25) is 7.37 Å². The maximum Gasteiger partial charge on any atom is 0.407 e. The molecule has 2 aromatic rings. The molecule has 0 fully saturated rings. The highest BCUT2D eigenvalue weighted by Gasteiger charge is 2.30. The lowest BCUT2D eigenvalue weighted by molar-refractivity contribution is -0.150. The van der Waals surface area contributed by atoms with E-state index >= 15 is 0 Å². The van der Waals surface area contributed by atoms with Gasteiger partial charge in [0.1, 0.15) is 18.8 Å². The monoisotopic (exact) mass is 547 g/mol. The van der Waals surface area contributed by atoms with Crippen molar-refractivity contribution in [2.75, 3.05) is 18.9 Å². The van der Waals surface area contributed by atoms with Crippen LogP contribution in [0.5, 0.6) is 0 Å². The number of ether oxygens (including phenoxy) is 3. The molecule has 0 spiro atoms. The van der Waals surface area contributed by atoms with E-state index in [2.05, 4.69) is 5.32 Å². The highest BCUT2D eigenvalue weighted by molar-refractivity contribution is 7.58. The van der Waals surface area contributed by atoms with E-state index in [0.29, 0.717) is 0 Å². The fourth-order valence-corrected chi connectivity index (χ4v) is 5.35. The van der Waals surface area contributed by atoms with E-state index in [1.165, 1.54) is 0 Å². The van der Waals surface area contributed by atoms with Gasteiger partial charge in [0.05, 0.1) is 5.92 Å². The summed E-state index contributed by atoms with van der Waals surface area (Å²) in [5.41, 5.74) is 0.966. The summed E-state index contributed by atoms with van der Waals surface area (Å²) in [6.45, 7) is 5.49. The lowest BCUT2D eigenvalue weighted by Gasteiger charge is -2.21. The third-order valence-corrected chi connectivity index (χ3v) is 7.38. The van der Waals surface area contributed by atoms with E-state index < -0.39 is 36.9 Å². The molecule has 208 valence electrons. The van der Waals surface area contributed by atoms with Gasteiger partial charge in [-0.25, -0.2) is 4.79 Å². The van der Waals surface area contributed by atoms with Crippen molar-refractivity contribution >= 4 is 25.4 Å². The van der Waals surface area contributed by atoms with Gasteiger partial charge < -0.3 is 24.4 Å². The second kappa shape index (κ2) is 15.3. The average molecular weight is 548 g/mol. The van der Waals surface area contributed by atoms with Crippen LogP contribution < -0.4 is 5.32 Å². The number of hydrogen-bond acceptors (Lipinski definition) is 7. The molecule has 0 aliphatic heterocycles. The van der Waals surface area contributed by atoms with E-state index in [4.69, 9.17) is 14.2 Å². The van der Waals surface area contributed by atoms with Gasteiger partial charge in [-0.15, -0.1) is 0 Å². The zero-order chi connectivity index (χ0) is 28.0. The number of amides is 1. The van der Waals surface area contributed by atoms with Crippen molar-refractivity contribution in [2.24, 2.45) is 5.92 Å². The molecule has 2 aromatic carbocycles. The third-order valence-electron chi connectivity index (χ3n) is 5.36. The summed E-state index contributed by atoms with van der Waals surface area (Å²) >= 11 is 0. The molecule has 9 nitrogen and oxygen atoms in total. The van der Waals surface area contributed by atoms with Crippen molar-refractivity contribution in [3.05, 3.63) is 71.8 Å². The molecule has 2 atom stereocenters. The van der Waals surface area contributed by atoms with Crippen LogP contribution in [-0.4, -0.2) is 47.4 Å². The van der Waals surface area contributed by atoms with Crippen LogP contribution in [0.4, 0.5) is 4.79 Å². The Morgan fingerprint density at radius 3 is 2.03 bits per heavy atom.